The Morgan fingerprint density at radius 1 is 1.67 bits per heavy atom. The molecule has 0 unspecified atom stereocenters. The molecule has 0 spiro atoms. The molecule has 0 saturated carbocycles. The first-order valence-electron chi connectivity index (χ1n) is 4.04. The fourth-order valence-electron chi connectivity index (χ4n) is 0.555. The van der Waals surface area contributed by atoms with Gasteiger partial charge in [-0.25, -0.2) is 0 Å². The molecule has 1 heterocycles. The molecule has 0 aromatic carbocycles. The highest BCUT2D eigenvalue weighted by Gasteiger charge is 1.88. The maximum absolute atomic E-state index is 9.79. The minimum absolute atomic E-state index is 0. The van der Waals surface area contributed by atoms with E-state index < -0.39 is 0 Å². The molecule has 0 aliphatic carbocycles. The van der Waals surface area contributed by atoms with E-state index in [-0.39, 0.29) is 1.43 Å². The lowest BCUT2D eigenvalue weighted by Gasteiger charge is -1.90. The molecule has 0 aliphatic heterocycles. The molecule has 1 N–H and O–H groups in total. The van der Waals surface area contributed by atoms with Gasteiger partial charge in [-0.3, -0.25) is 4.79 Å². The Hall–Kier alpha value is -0.830. The third-order valence-electron chi connectivity index (χ3n) is 0.940. The third-order valence-corrected chi connectivity index (χ3v) is 1.82. The maximum Gasteiger partial charge on any atom is 0.207 e. The monoisotopic (exact) mass is 187 g/mol. The van der Waals surface area contributed by atoms with Crippen LogP contribution in [-0.2, 0) is 11.3 Å². The first kappa shape index (κ1) is 11.2. The minimum atomic E-state index is 0. The van der Waals surface area contributed by atoms with Crippen molar-refractivity contribution in [3.63, 3.8) is 0 Å². The molecular weight excluding hydrogens is 170 g/mol. The molecule has 2 nitrogen and oxygen atoms in total. The standard InChI is InChI=1S/C6H7NOS.C3H8.H2/c8-5-7-4-6-2-1-3-9-6;1-3-2;/h1-3,5H,4H2,(H,7,8);3H2,1-2H3;1H. The topological polar surface area (TPSA) is 29.1 Å². The zero-order valence-corrected chi connectivity index (χ0v) is 8.36. The van der Waals surface area contributed by atoms with Gasteiger partial charge >= 0.3 is 0 Å². The van der Waals surface area contributed by atoms with Crippen LogP contribution < -0.4 is 5.32 Å². The van der Waals surface area contributed by atoms with E-state index in [0.717, 1.165) is 0 Å². The van der Waals surface area contributed by atoms with Crippen molar-refractivity contribution in [1.82, 2.24) is 5.32 Å². The van der Waals surface area contributed by atoms with Crippen molar-refractivity contribution in [2.45, 2.75) is 26.8 Å². The number of amides is 1. The van der Waals surface area contributed by atoms with Crippen LogP contribution in [0, 0.1) is 0 Å². The third kappa shape index (κ3) is 5.92. The molecule has 1 aromatic heterocycles. The largest absolute Gasteiger partial charge is 0.354 e. The second-order valence-corrected chi connectivity index (χ2v) is 3.32. The predicted molar refractivity (Wildman–Crippen MR) is 55.3 cm³/mol. The summed E-state index contributed by atoms with van der Waals surface area (Å²) in [4.78, 5) is 11.0. The molecular formula is C9H17NOS. The van der Waals surface area contributed by atoms with Crippen molar-refractivity contribution in [3.05, 3.63) is 22.4 Å². The van der Waals surface area contributed by atoms with E-state index >= 15 is 0 Å². The number of hydrogen-bond acceptors (Lipinski definition) is 2. The van der Waals surface area contributed by atoms with Gasteiger partial charge in [0.15, 0.2) is 0 Å². The van der Waals surface area contributed by atoms with Crippen molar-refractivity contribution in [1.29, 1.82) is 0 Å². The van der Waals surface area contributed by atoms with Crippen molar-refractivity contribution < 1.29 is 6.22 Å². The van der Waals surface area contributed by atoms with Gasteiger partial charge in [0.05, 0.1) is 6.54 Å². The summed E-state index contributed by atoms with van der Waals surface area (Å²) in [6.45, 7) is 4.90. The first-order valence-corrected chi connectivity index (χ1v) is 4.92. The van der Waals surface area contributed by atoms with E-state index in [1.807, 2.05) is 17.5 Å². The molecule has 3 heteroatoms. The molecule has 0 aliphatic rings. The molecule has 0 radical (unpaired) electrons. The summed E-state index contributed by atoms with van der Waals surface area (Å²) in [5.41, 5.74) is 0. The van der Waals surface area contributed by atoms with Crippen LogP contribution in [0.25, 0.3) is 0 Å². The summed E-state index contributed by atoms with van der Waals surface area (Å²) < 4.78 is 0. The Bertz CT molecular complexity index is 190. The second-order valence-electron chi connectivity index (χ2n) is 2.29. The Balaban J connectivity index is 0. The van der Waals surface area contributed by atoms with Crippen LogP contribution in [0.1, 0.15) is 26.6 Å². The minimum Gasteiger partial charge on any atom is -0.354 e. The second kappa shape index (κ2) is 8.27. The fraction of sp³-hybridized carbons (Fsp3) is 0.444. The van der Waals surface area contributed by atoms with E-state index in [2.05, 4.69) is 19.2 Å². The Labute approximate surface area is 79.1 Å². The van der Waals surface area contributed by atoms with E-state index in [9.17, 15) is 4.79 Å². The fourth-order valence-corrected chi connectivity index (χ4v) is 1.21. The quantitative estimate of drug-likeness (QED) is 0.724. The average molecular weight is 187 g/mol. The van der Waals surface area contributed by atoms with Gasteiger partial charge < -0.3 is 5.32 Å². The molecule has 0 atom stereocenters. The van der Waals surface area contributed by atoms with Gasteiger partial charge in [0.25, 0.3) is 0 Å². The van der Waals surface area contributed by atoms with Crippen molar-refractivity contribution in [3.8, 4) is 0 Å². The van der Waals surface area contributed by atoms with Crippen LogP contribution >= 0.6 is 11.3 Å². The zero-order chi connectivity index (χ0) is 9.23. The lowest BCUT2D eigenvalue weighted by Crippen LogP contribution is -2.07. The molecule has 1 rings (SSSR count). The van der Waals surface area contributed by atoms with E-state index in [1.54, 1.807) is 11.3 Å². The Morgan fingerprint density at radius 2 is 2.33 bits per heavy atom. The number of nitrogens with one attached hydrogen (secondary N) is 1. The molecule has 0 bridgehead atoms. The lowest BCUT2D eigenvalue weighted by molar-refractivity contribution is -0.109. The highest BCUT2D eigenvalue weighted by atomic mass is 32.1. The van der Waals surface area contributed by atoms with Crippen molar-refractivity contribution in [2.75, 3.05) is 0 Å². The van der Waals surface area contributed by atoms with Gasteiger partial charge in [-0.15, -0.1) is 11.3 Å². The van der Waals surface area contributed by atoms with E-state index in [1.165, 1.54) is 11.3 Å². The number of thiophene rings is 1. The van der Waals surface area contributed by atoms with Crippen molar-refractivity contribution >= 4 is 17.7 Å². The maximum atomic E-state index is 9.79. The Morgan fingerprint density at radius 3 is 2.75 bits per heavy atom. The summed E-state index contributed by atoms with van der Waals surface area (Å²) in [5, 5.41) is 4.57. The van der Waals surface area contributed by atoms with Gasteiger partial charge in [0, 0.05) is 6.30 Å². The molecule has 0 saturated heterocycles. The summed E-state index contributed by atoms with van der Waals surface area (Å²) >= 11 is 1.64. The summed E-state index contributed by atoms with van der Waals surface area (Å²) in [5.74, 6) is 0. The highest BCUT2D eigenvalue weighted by molar-refractivity contribution is 7.09. The molecule has 70 valence electrons. The molecule has 1 amide bonds. The van der Waals surface area contributed by atoms with Crippen LogP contribution in [0.3, 0.4) is 0 Å². The molecule has 0 fully saturated rings. The molecule has 12 heavy (non-hydrogen) atoms. The van der Waals surface area contributed by atoms with Crippen LogP contribution in [0.5, 0.6) is 0 Å². The number of rotatable bonds is 3. The van der Waals surface area contributed by atoms with Crippen LogP contribution in [0.2, 0.25) is 0 Å². The number of carbonyl (C=O) groups is 1. The lowest BCUT2D eigenvalue weighted by atomic mass is 10.5. The van der Waals surface area contributed by atoms with Crippen LogP contribution in [-0.4, -0.2) is 6.41 Å². The Kier molecular flexibility index (Phi) is 7.70. The summed E-state index contributed by atoms with van der Waals surface area (Å²) in [6.07, 6.45) is 1.96. The van der Waals surface area contributed by atoms with Gasteiger partial charge in [0.2, 0.25) is 6.41 Å². The van der Waals surface area contributed by atoms with Crippen LogP contribution in [0.4, 0.5) is 0 Å². The summed E-state index contributed by atoms with van der Waals surface area (Å²) in [6, 6.07) is 3.95. The number of hydrogen-bond donors (Lipinski definition) is 1. The molecule has 1 aromatic rings. The van der Waals surface area contributed by atoms with Gasteiger partial charge in [0.1, 0.15) is 0 Å². The highest BCUT2D eigenvalue weighted by Crippen LogP contribution is 2.06. The summed E-state index contributed by atoms with van der Waals surface area (Å²) in [7, 11) is 0. The van der Waals surface area contributed by atoms with E-state index in [4.69, 9.17) is 0 Å². The normalized spacial score (nSPS) is 8.17. The predicted octanol–water partition coefficient (Wildman–Crippen LogP) is 2.66. The van der Waals surface area contributed by atoms with Gasteiger partial charge in [-0.2, -0.15) is 0 Å². The van der Waals surface area contributed by atoms with E-state index in [0.29, 0.717) is 13.0 Å². The van der Waals surface area contributed by atoms with Crippen LogP contribution in [0.15, 0.2) is 17.5 Å². The van der Waals surface area contributed by atoms with Gasteiger partial charge in [-0.05, 0) is 11.4 Å². The number of carbonyl (C=O) groups excluding carboxylic acids is 1. The smallest absolute Gasteiger partial charge is 0.207 e. The average Bonchev–Trinajstić information content (AvgIpc) is 2.54. The SMILES string of the molecule is CCC.O=CNCc1cccs1.[HH]. The first-order chi connectivity index (χ1) is 5.85. The van der Waals surface area contributed by atoms with Gasteiger partial charge in [-0.1, -0.05) is 26.3 Å². The zero-order valence-electron chi connectivity index (χ0n) is 7.54. The van der Waals surface area contributed by atoms with Crippen molar-refractivity contribution in [2.24, 2.45) is 0 Å².